The summed E-state index contributed by atoms with van der Waals surface area (Å²) in [4.78, 5) is 18.4. The molecule has 0 N–H and O–H groups in total. The number of hydrogen-bond acceptors (Lipinski definition) is 3. The number of nitrogens with zero attached hydrogens (tertiary/aromatic N) is 2. The van der Waals surface area contributed by atoms with Gasteiger partial charge in [-0.3, -0.25) is 4.79 Å². The van der Waals surface area contributed by atoms with E-state index in [1.807, 2.05) is 0 Å². The summed E-state index contributed by atoms with van der Waals surface area (Å²) < 4.78 is 5.63. The third-order valence-electron chi connectivity index (χ3n) is 8.87. The van der Waals surface area contributed by atoms with E-state index in [0.717, 1.165) is 70.3 Å². The Bertz CT molecular complexity index is 991. The van der Waals surface area contributed by atoms with Gasteiger partial charge in [-0.1, -0.05) is 62.7 Å². The van der Waals surface area contributed by atoms with Gasteiger partial charge in [0, 0.05) is 31.0 Å². The van der Waals surface area contributed by atoms with Gasteiger partial charge in [0.1, 0.15) is 5.75 Å². The number of fused-ring (bicyclic) bond motifs is 1. The summed E-state index contributed by atoms with van der Waals surface area (Å²) in [6, 6.07) is 19.8. The summed E-state index contributed by atoms with van der Waals surface area (Å²) in [6.45, 7) is 7.62. The number of hydrogen-bond donors (Lipinski definition) is 0. The van der Waals surface area contributed by atoms with E-state index in [1.165, 1.54) is 17.5 Å². The highest BCUT2D eigenvalue weighted by atomic mass is 16.5. The third kappa shape index (κ3) is 6.96. The van der Waals surface area contributed by atoms with Crippen molar-refractivity contribution in [3.05, 3.63) is 65.7 Å². The van der Waals surface area contributed by atoms with Crippen molar-refractivity contribution >= 4 is 5.91 Å². The van der Waals surface area contributed by atoms with E-state index in [1.54, 1.807) is 7.11 Å². The van der Waals surface area contributed by atoms with E-state index in [-0.39, 0.29) is 5.41 Å². The molecule has 4 nitrogen and oxygen atoms in total. The number of rotatable bonds is 11. The quantitative estimate of drug-likeness (QED) is 0.318. The van der Waals surface area contributed by atoms with Crippen LogP contribution in [0.3, 0.4) is 0 Å². The van der Waals surface area contributed by atoms with Crippen LogP contribution in [-0.4, -0.2) is 55.5 Å². The standard InChI is InChI=1S/C33H48N2O2/c1-26(2)24-35(32(36)17-10-6-9-14-27-12-7-5-8-13-27)30-19-18-29-25-34(3)21-20-33(29,23-30)28-15-11-16-31(22-28)37-4/h5,7-8,11-13,15-16,22,26,29-30H,6,9-10,14,17-21,23-25H2,1-4H3. The van der Waals surface area contributed by atoms with E-state index in [9.17, 15) is 4.79 Å². The molecule has 1 aliphatic carbocycles. The Hall–Kier alpha value is -2.33. The van der Waals surface area contributed by atoms with Crippen molar-refractivity contribution in [2.45, 2.75) is 83.1 Å². The smallest absolute Gasteiger partial charge is 0.222 e. The maximum Gasteiger partial charge on any atom is 0.222 e. The average molecular weight is 505 g/mol. The molecule has 0 aromatic heterocycles. The van der Waals surface area contributed by atoms with Crippen molar-refractivity contribution < 1.29 is 9.53 Å². The fraction of sp³-hybridized carbons (Fsp3) is 0.606. The minimum absolute atomic E-state index is 0.120. The molecule has 4 rings (SSSR count). The Kier molecular flexibility index (Phi) is 9.70. The zero-order valence-corrected chi connectivity index (χ0v) is 23.6. The molecule has 2 aromatic carbocycles. The van der Waals surface area contributed by atoms with Gasteiger partial charge in [-0.15, -0.1) is 0 Å². The number of amides is 1. The normalized spacial score (nSPS) is 24.0. The van der Waals surface area contributed by atoms with Crippen LogP contribution in [0.25, 0.3) is 0 Å². The van der Waals surface area contributed by atoms with Crippen molar-refractivity contribution in [2.75, 3.05) is 33.8 Å². The van der Waals surface area contributed by atoms with Crippen LogP contribution in [0.1, 0.15) is 76.3 Å². The van der Waals surface area contributed by atoms with Crippen LogP contribution in [0.4, 0.5) is 0 Å². The van der Waals surface area contributed by atoms with E-state index in [4.69, 9.17) is 4.74 Å². The van der Waals surface area contributed by atoms with Crippen LogP contribution >= 0.6 is 0 Å². The monoisotopic (exact) mass is 504 g/mol. The minimum atomic E-state index is 0.120. The molecule has 3 unspecified atom stereocenters. The van der Waals surface area contributed by atoms with Crippen LogP contribution < -0.4 is 4.74 Å². The fourth-order valence-electron chi connectivity index (χ4n) is 6.90. The van der Waals surface area contributed by atoms with Crippen molar-refractivity contribution in [3.63, 3.8) is 0 Å². The van der Waals surface area contributed by atoms with Crippen molar-refractivity contribution in [1.29, 1.82) is 0 Å². The number of unbranched alkanes of at least 4 members (excludes halogenated alkanes) is 2. The molecule has 1 saturated heterocycles. The summed E-state index contributed by atoms with van der Waals surface area (Å²) in [5.41, 5.74) is 2.93. The number of likely N-dealkylation sites (tertiary alicyclic amines) is 1. The van der Waals surface area contributed by atoms with Gasteiger partial charge in [-0.25, -0.2) is 0 Å². The zero-order chi connectivity index (χ0) is 26.3. The Labute approximate surface area is 225 Å². The Morgan fingerprint density at radius 3 is 2.65 bits per heavy atom. The first-order valence-corrected chi connectivity index (χ1v) is 14.6. The number of ether oxygens (including phenoxy) is 1. The summed E-state index contributed by atoms with van der Waals surface area (Å²) >= 11 is 0. The molecule has 1 saturated carbocycles. The second-order valence-electron chi connectivity index (χ2n) is 12.0. The van der Waals surface area contributed by atoms with Gasteiger partial charge in [0.2, 0.25) is 5.91 Å². The maximum absolute atomic E-state index is 13.7. The minimum Gasteiger partial charge on any atom is -0.497 e. The summed E-state index contributed by atoms with van der Waals surface area (Å²) in [5.74, 6) is 2.41. The molecule has 0 radical (unpaired) electrons. The molecule has 0 bridgehead atoms. The lowest BCUT2D eigenvalue weighted by Gasteiger charge is -2.54. The fourth-order valence-corrected chi connectivity index (χ4v) is 6.90. The lowest BCUT2D eigenvalue weighted by Crippen LogP contribution is -2.56. The van der Waals surface area contributed by atoms with Gasteiger partial charge in [0.05, 0.1) is 7.11 Å². The molecule has 1 amide bonds. The number of benzene rings is 2. The highest BCUT2D eigenvalue weighted by Gasteiger charge is 2.49. The molecular weight excluding hydrogens is 456 g/mol. The van der Waals surface area contributed by atoms with Gasteiger partial charge in [0.25, 0.3) is 0 Å². The van der Waals surface area contributed by atoms with Gasteiger partial charge < -0.3 is 14.5 Å². The largest absolute Gasteiger partial charge is 0.497 e. The molecule has 0 spiro atoms. The van der Waals surface area contributed by atoms with Crippen LogP contribution in [0.5, 0.6) is 5.75 Å². The van der Waals surface area contributed by atoms with Crippen LogP contribution in [0, 0.1) is 11.8 Å². The van der Waals surface area contributed by atoms with Gasteiger partial charge in [0.15, 0.2) is 0 Å². The first-order chi connectivity index (χ1) is 17.9. The Morgan fingerprint density at radius 1 is 1.08 bits per heavy atom. The molecule has 1 heterocycles. The SMILES string of the molecule is COc1cccc(C23CCN(C)CC2CCC(N(CC(C)C)C(=O)CCCCCc2ccccc2)C3)c1. The van der Waals surface area contributed by atoms with E-state index < -0.39 is 0 Å². The highest BCUT2D eigenvalue weighted by molar-refractivity contribution is 5.76. The number of carbonyl (C=O) groups excluding carboxylic acids is 1. The Morgan fingerprint density at radius 2 is 1.89 bits per heavy atom. The molecule has 37 heavy (non-hydrogen) atoms. The molecule has 2 fully saturated rings. The van der Waals surface area contributed by atoms with Crippen LogP contribution in [0.2, 0.25) is 0 Å². The molecule has 202 valence electrons. The van der Waals surface area contributed by atoms with Crippen molar-refractivity contribution in [1.82, 2.24) is 9.80 Å². The van der Waals surface area contributed by atoms with Gasteiger partial charge >= 0.3 is 0 Å². The van der Waals surface area contributed by atoms with Crippen LogP contribution in [-0.2, 0) is 16.6 Å². The van der Waals surface area contributed by atoms with E-state index in [0.29, 0.717) is 30.2 Å². The number of methoxy groups -OCH3 is 1. The lowest BCUT2D eigenvalue weighted by molar-refractivity contribution is -0.136. The van der Waals surface area contributed by atoms with E-state index >= 15 is 0 Å². The predicted octanol–water partition coefficient (Wildman–Crippen LogP) is 6.72. The van der Waals surface area contributed by atoms with Crippen LogP contribution in [0.15, 0.2) is 54.6 Å². The number of piperidine rings is 1. The molecule has 3 atom stereocenters. The highest BCUT2D eigenvalue weighted by Crippen LogP contribution is 2.50. The number of carbonyl (C=O) groups is 1. The lowest BCUT2D eigenvalue weighted by atomic mass is 9.57. The van der Waals surface area contributed by atoms with Gasteiger partial charge in [-0.2, -0.15) is 0 Å². The van der Waals surface area contributed by atoms with Gasteiger partial charge in [-0.05, 0) is 93.6 Å². The number of aryl methyl sites for hydroxylation is 1. The molecule has 4 heteroatoms. The second-order valence-corrected chi connectivity index (χ2v) is 12.0. The topological polar surface area (TPSA) is 32.8 Å². The average Bonchev–Trinajstić information content (AvgIpc) is 2.91. The summed E-state index contributed by atoms with van der Waals surface area (Å²) in [5, 5.41) is 0. The summed E-state index contributed by atoms with van der Waals surface area (Å²) in [7, 11) is 4.02. The first kappa shape index (κ1) is 27.7. The van der Waals surface area contributed by atoms with E-state index in [2.05, 4.69) is 85.3 Å². The third-order valence-corrected chi connectivity index (χ3v) is 8.87. The van der Waals surface area contributed by atoms with Crippen molar-refractivity contribution in [3.8, 4) is 5.75 Å². The molecule has 1 aliphatic heterocycles. The first-order valence-electron chi connectivity index (χ1n) is 14.6. The second kappa shape index (κ2) is 13.0. The summed E-state index contributed by atoms with van der Waals surface area (Å²) in [6.07, 6.45) is 9.57. The Balaban J connectivity index is 1.45. The maximum atomic E-state index is 13.7. The van der Waals surface area contributed by atoms with Crippen molar-refractivity contribution in [2.24, 2.45) is 11.8 Å². The predicted molar refractivity (Wildman–Crippen MR) is 153 cm³/mol. The molecular formula is C33H48N2O2. The molecule has 2 aliphatic rings. The zero-order valence-electron chi connectivity index (χ0n) is 23.6. The molecule has 2 aromatic rings.